The van der Waals surface area contributed by atoms with Gasteiger partial charge < -0.3 is 9.64 Å². The molecule has 0 atom stereocenters. The second kappa shape index (κ2) is 7.02. The Labute approximate surface area is 178 Å². The third kappa shape index (κ3) is 3.26. The molecule has 0 spiro atoms. The van der Waals surface area contributed by atoms with Crippen LogP contribution >= 0.6 is 0 Å². The lowest BCUT2D eigenvalue weighted by molar-refractivity contribution is -0.138. The molecule has 2 aliphatic rings. The van der Waals surface area contributed by atoms with Crippen molar-refractivity contribution in [1.82, 2.24) is 9.96 Å². The van der Waals surface area contributed by atoms with E-state index in [1.54, 1.807) is 33.0 Å². The summed E-state index contributed by atoms with van der Waals surface area (Å²) in [4.78, 5) is 20.3. The van der Waals surface area contributed by atoms with Gasteiger partial charge in [0.1, 0.15) is 17.0 Å². The highest BCUT2D eigenvalue weighted by molar-refractivity contribution is 6.04. The Balaban J connectivity index is 2.03. The zero-order valence-electron chi connectivity index (χ0n) is 17.9. The molecule has 8 heteroatoms. The average molecular weight is 432 g/mol. The molecule has 5 nitrogen and oxygen atoms in total. The standard InChI is InChI=1S/C23H23F3N2O3/c1-13-16(23(24,25)26)10-11-17-18(13)19(20(27(4)30-5)22(2,3)31-17)28-12-14-8-6-7-9-15(14)21(28)29/h6-11H,12H2,1-5H3. The zero-order chi connectivity index (χ0) is 22.7. The number of likely N-dealkylation sites (N-methyl/N-ethyl adjacent to an activating group) is 1. The van der Waals surface area contributed by atoms with Crippen LogP contribution in [0.1, 0.15) is 46.5 Å². The fraction of sp³-hybridized carbons (Fsp3) is 0.348. The van der Waals surface area contributed by atoms with Crippen LogP contribution in [0.25, 0.3) is 5.70 Å². The molecular formula is C23H23F3N2O3. The normalized spacial score (nSPS) is 17.4. The van der Waals surface area contributed by atoms with Crippen LogP contribution < -0.4 is 4.74 Å². The van der Waals surface area contributed by atoms with Gasteiger partial charge >= 0.3 is 6.18 Å². The topological polar surface area (TPSA) is 42.0 Å². The van der Waals surface area contributed by atoms with Gasteiger partial charge in [-0.1, -0.05) is 18.2 Å². The van der Waals surface area contributed by atoms with Crippen LogP contribution in [0, 0.1) is 6.92 Å². The van der Waals surface area contributed by atoms with Crippen molar-refractivity contribution in [3.05, 3.63) is 69.9 Å². The number of amides is 1. The first-order chi connectivity index (χ1) is 14.5. The van der Waals surface area contributed by atoms with E-state index in [9.17, 15) is 18.0 Å². The first kappa shape index (κ1) is 21.2. The van der Waals surface area contributed by atoms with Crippen molar-refractivity contribution in [2.45, 2.75) is 39.1 Å². The van der Waals surface area contributed by atoms with E-state index in [2.05, 4.69) is 0 Å². The number of alkyl halides is 3. The molecule has 0 aromatic heterocycles. The van der Waals surface area contributed by atoms with E-state index in [1.807, 2.05) is 12.1 Å². The van der Waals surface area contributed by atoms with Gasteiger partial charge in [-0.2, -0.15) is 13.2 Å². The Bertz CT molecular complexity index is 1110. The quantitative estimate of drug-likeness (QED) is 0.640. The van der Waals surface area contributed by atoms with E-state index in [1.165, 1.54) is 30.1 Å². The average Bonchev–Trinajstić information content (AvgIpc) is 3.01. The Morgan fingerprint density at radius 3 is 2.45 bits per heavy atom. The van der Waals surface area contributed by atoms with Crippen LogP contribution in [0.3, 0.4) is 0 Å². The number of halogens is 3. The van der Waals surface area contributed by atoms with Crippen molar-refractivity contribution >= 4 is 11.6 Å². The minimum atomic E-state index is -4.54. The van der Waals surface area contributed by atoms with Crippen molar-refractivity contribution < 1.29 is 27.5 Å². The van der Waals surface area contributed by atoms with E-state index in [0.717, 1.165) is 11.6 Å². The van der Waals surface area contributed by atoms with Crippen LogP contribution in [0.5, 0.6) is 5.75 Å². The molecule has 0 saturated carbocycles. The number of rotatable bonds is 3. The van der Waals surface area contributed by atoms with Gasteiger partial charge in [0, 0.05) is 18.2 Å². The first-order valence-electron chi connectivity index (χ1n) is 9.80. The molecule has 0 saturated heterocycles. The lowest BCUT2D eigenvalue weighted by atomic mass is 9.89. The third-order valence-corrected chi connectivity index (χ3v) is 5.81. The van der Waals surface area contributed by atoms with Gasteiger partial charge in [0.25, 0.3) is 5.91 Å². The van der Waals surface area contributed by atoms with Gasteiger partial charge in [0.15, 0.2) is 0 Å². The number of ether oxygens (including phenoxy) is 1. The summed E-state index contributed by atoms with van der Waals surface area (Å²) in [7, 11) is 3.10. The van der Waals surface area contributed by atoms with Gasteiger partial charge in [-0.25, -0.2) is 0 Å². The van der Waals surface area contributed by atoms with Crippen LogP contribution in [-0.2, 0) is 17.6 Å². The predicted molar refractivity (Wildman–Crippen MR) is 109 cm³/mol. The highest BCUT2D eigenvalue weighted by atomic mass is 19.4. The van der Waals surface area contributed by atoms with Crippen molar-refractivity contribution in [2.75, 3.05) is 14.2 Å². The van der Waals surface area contributed by atoms with Gasteiger partial charge in [-0.05, 0) is 50.1 Å². The van der Waals surface area contributed by atoms with E-state index < -0.39 is 17.3 Å². The Morgan fingerprint density at radius 2 is 1.84 bits per heavy atom. The SMILES string of the molecule is CON(C)C1=C(N2Cc3ccccc3C2=O)c2c(ccc(C(F)(F)F)c2C)OC1(C)C. The predicted octanol–water partition coefficient (Wildman–Crippen LogP) is 5.00. The van der Waals surface area contributed by atoms with Crippen molar-refractivity contribution in [2.24, 2.45) is 0 Å². The molecule has 0 radical (unpaired) electrons. The lowest BCUT2D eigenvalue weighted by Crippen LogP contribution is -2.45. The number of benzene rings is 2. The molecule has 2 heterocycles. The number of hydrogen-bond acceptors (Lipinski definition) is 4. The molecule has 2 aliphatic heterocycles. The monoisotopic (exact) mass is 432 g/mol. The Kier molecular flexibility index (Phi) is 4.81. The second-order valence-corrected chi connectivity index (χ2v) is 8.15. The molecule has 31 heavy (non-hydrogen) atoms. The minimum Gasteiger partial charge on any atom is -0.481 e. The summed E-state index contributed by atoms with van der Waals surface area (Å²) in [5.74, 6) is 0.0237. The van der Waals surface area contributed by atoms with Crippen LogP contribution in [0.15, 0.2) is 42.1 Å². The highest BCUT2D eigenvalue weighted by Crippen LogP contribution is 2.49. The molecule has 4 rings (SSSR count). The number of nitrogens with zero attached hydrogens (tertiary/aromatic N) is 2. The summed E-state index contributed by atoms with van der Waals surface area (Å²) < 4.78 is 47.3. The maximum atomic E-state index is 13.7. The minimum absolute atomic E-state index is 0.00117. The van der Waals surface area contributed by atoms with Crippen LogP contribution in [0.2, 0.25) is 0 Å². The molecular weight excluding hydrogens is 409 g/mol. The molecule has 164 valence electrons. The third-order valence-electron chi connectivity index (χ3n) is 5.81. The fourth-order valence-electron chi connectivity index (χ4n) is 4.42. The van der Waals surface area contributed by atoms with Crippen molar-refractivity contribution in [1.29, 1.82) is 0 Å². The van der Waals surface area contributed by atoms with Gasteiger partial charge in [-0.3, -0.25) is 14.7 Å². The van der Waals surface area contributed by atoms with Crippen LogP contribution in [0.4, 0.5) is 13.2 Å². The van der Waals surface area contributed by atoms with Gasteiger partial charge in [0.2, 0.25) is 0 Å². The summed E-state index contributed by atoms with van der Waals surface area (Å²) in [6, 6.07) is 9.52. The molecule has 0 N–H and O–H groups in total. The number of hydrogen-bond donors (Lipinski definition) is 0. The number of hydroxylamine groups is 2. The highest BCUT2D eigenvalue weighted by Gasteiger charge is 2.45. The summed E-state index contributed by atoms with van der Waals surface area (Å²) >= 11 is 0. The smallest absolute Gasteiger partial charge is 0.416 e. The second-order valence-electron chi connectivity index (χ2n) is 8.15. The van der Waals surface area contributed by atoms with E-state index >= 15 is 0 Å². The molecule has 0 bridgehead atoms. The number of fused-ring (bicyclic) bond motifs is 2. The van der Waals surface area contributed by atoms with Crippen molar-refractivity contribution in [3.63, 3.8) is 0 Å². The Hall–Kier alpha value is -3.00. The Morgan fingerprint density at radius 1 is 1.16 bits per heavy atom. The molecule has 0 fully saturated rings. The molecule has 0 aliphatic carbocycles. The van der Waals surface area contributed by atoms with Crippen LogP contribution in [-0.4, -0.2) is 35.6 Å². The van der Waals surface area contributed by atoms with E-state index in [4.69, 9.17) is 9.57 Å². The maximum absolute atomic E-state index is 13.7. The van der Waals surface area contributed by atoms with Gasteiger partial charge in [0.05, 0.1) is 24.9 Å². The summed E-state index contributed by atoms with van der Waals surface area (Å²) in [5.41, 5.74) is 0.686. The molecule has 2 aromatic rings. The number of carbonyl (C=O) groups excluding carboxylic acids is 1. The molecule has 2 aromatic carbocycles. The molecule has 1 amide bonds. The fourth-order valence-corrected chi connectivity index (χ4v) is 4.42. The lowest BCUT2D eigenvalue weighted by Gasteiger charge is -2.42. The summed E-state index contributed by atoms with van der Waals surface area (Å²) in [6.45, 7) is 5.24. The molecule has 0 unspecified atom stereocenters. The van der Waals surface area contributed by atoms with Crippen molar-refractivity contribution in [3.8, 4) is 5.75 Å². The first-order valence-corrected chi connectivity index (χ1v) is 9.80. The number of carbonyl (C=O) groups is 1. The zero-order valence-corrected chi connectivity index (χ0v) is 17.9. The van der Waals surface area contributed by atoms with E-state index in [-0.39, 0.29) is 23.6 Å². The summed E-state index contributed by atoms with van der Waals surface area (Å²) in [6.07, 6.45) is -4.54. The summed E-state index contributed by atoms with van der Waals surface area (Å²) in [5, 5.41) is 1.44. The van der Waals surface area contributed by atoms with Gasteiger partial charge in [-0.15, -0.1) is 0 Å². The largest absolute Gasteiger partial charge is 0.481 e. The maximum Gasteiger partial charge on any atom is 0.416 e. The van der Waals surface area contributed by atoms with E-state index in [0.29, 0.717) is 22.7 Å².